The van der Waals surface area contributed by atoms with E-state index >= 15 is 0 Å². The van der Waals surface area contributed by atoms with Crippen LogP contribution in [0.25, 0.3) is 11.3 Å². The average molecular weight is 223 g/mol. The fraction of sp³-hybridized carbons (Fsp3) is 0. The second-order valence-electron chi connectivity index (χ2n) is 3.01. The number of rotatable bonds is 2. The van der Waals surface area contributed by atoms with Gasteiger partial charge in [-0.25, -0.2) is 0 Å². The van der Waals surface area contributed by atoms with Gasteiger partial charge < -0.3 is 4.98 Å². The molecule has 76 valence electrons. The molecule has 1 aromatic heterocycles. The number of benzene rings is 1. The zero-order valence-corrected chi connectivity index (χ0v) is 8.36. The van der Waals surface area contributed by atoms with Crippen molar-refractivity contribution >= 4 is 17.3 Å². The monoisotopic (exact) mass is 222 g/mol. The van der Waals surface area contributed by atoms with E-state index in [2.05, 4.69) is 4.98 Å². The molecule has 0 bridgehead atoms. The van der Waals surface area contributed by atoms with Crippen LogP contribution < -0.4 is 0 Å². The first-order valence-electron chi connectivity index (χ1n) is 4.26. The van der Waals surface area contributed by atoms with Crippen LogP contribution in [0.5, 0.6) is 0 Å². The van der Waals surface area contributed by atoms with Crippen molar-refractivity contribution in [3.05, 3.63) is 51.7 Å². The summed E-state index contributed by atoms with van der Waals surface area (Å²) in [4.78, 5) is 12.9. The van der Waals surface area contributed by atoms with E-state index in [0.29, 0.717) is 10.7 Å². The second-order valence-corrected chi connectivity index (χ2v) is 3.42. The van der Waals surface area contributed by atoms with Crippen molar-refractivity contribution in [3.8, 4) is 11.3 Å². The number of nitrogens with zero attached hydrogens (tertiary/aromatic N) is 1. The molecule has 0 saturated heterocycles. The maximum absolute atomic E-state index is 10.5. The van der Waals surface area contributed by atoms with Gasteiger partial charge in [0, 0.05) is 16.7 Å². The molecule has 0 unspecified atom stereocenters. The van der Waals surface area contributed by atoms with Crippen LogP contribution >= 0.6 is 11.6 Å². The van der Waals surface area contributed by atoms with E-state index in [1.54, 1.807) is 12.1 Å². The van der Waals surface area contributed by atoms with E-state index in [9.17, 15) is 10.1 Å². The first-order valence-corrected chi connectivity index (χ1v) is 4.64. The molecule has 0 radical (unpaired) electrons. The van der Waals surface area contributed by atoms with Gasteiger partial charge in [0.1, 0.15) is 0 Å². The highest BCUT2D eigenvalue weighted by atomic mass is 35.5. The average Bonchev–Trinajstić information content (AvgIpc) is 2.67. The van der Waals surface area contributed by atoms with Gasteiger partial charge >= 0.3 is 0 Å². The van der Waals surface area contributed by atoms with Crippen molar-refractivity contribution in [2.75, 3.05) is 0 Å². The zero-order chi connectivity index (χ0) is 10.8. The maximum Gasteiger partial charge on any atom is 0.287 e. The Balaban J connectivity index is 2.46. The van der Waals surface area contributed by atoms with E-state index in [-0.39, 0.29) is 5.69 Å². The highest BCUT2D eigenvalue weighted by molar-refractivity contribution is 6.33. The van der Waals surface area contributed by atoms with Crippen LogP contribution in [-0.2, 0) is 0 Å². The fourth-order valence-electron chi connectivity index (χ4n) is 1.32. The summed E-state index contributed by atoms with van der Waals surface area (Å²) in [6.07, 6.45) is 1.35. The van der Waals surface area contributed by atoms with Crippen molar-refractivity contribution in [3.63, 3.8) is 0 Å². The van der Waals surface area contributed by atoms with Crippen molar-refractivity contribution < 1.29 is 4.92 Å². The van der Waals surface area contributed by atoms with E-state index < -0.39 is 4.92 Å². The van der Waals surface area contributed by atoms with E-state index in [4.69, 9.17) is 11.6 Å². The molecule has 1 aromatic carbocycles. The van der Waals surface area contributed by atoms with Crippen molar-refractivity contribution in [2.24, 2.45) is 0 Å². The lowest BCUT2D eigenvalue weighted by atomic mass is 10.1. The lowest BCUT2D eigenvalue weighted by Gasteiger charge is -1.99. The predicted molar refractivity (Wildman–Crippen MR) is 57.9 cm³/mol. The standard InChI is InChI=1S/C10H7ClN2O2/c11-9-4-2-1-3-8(9)10-5-7(6-12-10)13(14)15/h1-6,12H. The minimum absolute atomic E-state index is 0.0323. The summed E-state index contributed by atoms with van der Waals surface area (Å²) in [5.41, 5.74) is 1.43. The summed E-state index contributed by atoms with van der Waals surface area (Å²) in [6.45, 7) is 0. The Kier molecular flexibility index (Phi) is 2.43. The quantitative estimate of drug-likeness (QED) is 0.626. The summed E-state index contributed by atoms with van der Waals surface area (Å²) in [6, 6.07) is 8.64. The van der Waals surface area contributed by atoms with Gasteiger partial charge in [-0.2, -0.15) is 0 Å². The van der Waals surface area contributed by atoms with E-state index in [0.717, 1.165) is 5.56 Å². The Morgan fingerprint density at radius 3 is 2.67 bits per heavy atom. The number of H-pyrrole nitrogens is 1. The molecule has 2 rings (SSSR count). The Morgan fingerprint density at radius 1 is 1.33 bits per heavy atom. The molecular weight excluding hydrogens is 216 g/mol. The molecule has 5 heteroatoms. The third kappa shape index (κ3) is 1.85. The molecule has 4 nitrogen and oxygen atoms in total. The maximum atomic E-state index is 10.5. The van der Waals surface area contributed by atoms with Crippen LogP contribution in [0.3, 0.4) is 0 Å². The molecule has 0 aliphatic rings. The van der Waals surface area contributed by atoms with Gasteiger partial charge in [0.2, 0.25) is 0 Å². The molecule has 2 aromatic rings. The first-order chi connectivity index (χ1) is 7.18. The van der Waals surface area contributed by atoms with Gasteiger partial charge in [-0.3, -0.25) is 10.1 Å². The minimum atomic E-state index is -0.448. The van der Waals surface area contributed by atoms with E-state index in [1.807, 2.05) is 12.1 Å². The van der Waals surface area contributed by atoms with Crippen LogP contribution in [0.1, 0.15) is 0 Å². The molecule has 0 spiro atoms. The van der Waals surface area contributed by atoms with Gasteiger partial charge in [0.15, 0.2) is 0 Å². The van der Waals surface area contributed by atoms with Gasteiger partial charge in [-0.15, -0.1) is 0 Å². The van der Waals surface area contributed by atoms with Crippen LogP contribution in [0.15, 0.2) is 36.5 Å². The number of hydrogen-bond donors (Lipinski definition) is 1. The summed E-state index contributed by atoms with van der Waals surface area (Å²) in [7, 11) is 0. The zero-order valence-electron chi connectivity index (χ0n) is 7.61. The first kappa shape index (κ1) is 9.73. The number of hydrogen-bond acceptors (Lipinski definition) is 2. The lowest BCUT2D eigenvalue weighted by molar-refractivity contribution is -0.384. The summed E-state index contributed by atoms with van der Waals surface area (Å²) >= 11 is 5.96. The number of aromatic nitrogens is 1. The fourth-order valence-corrected chi connectivity index (χ4v) is 1.56. The van der Waals surface area contributed by atoms with E-state index in [1.165, 1.54) is 12.3 Å². The normalized spacial score (nSPS) is 10.2. The summed E-state index contributed by atoms with van der Waals surface area (Å²) in [5.74, 6) is 0. The molecule has 0 amide bonds. The molecule has 0 saturated carbocycles. The largest absolute Gasteiger partial charge is 0.355 e. The Morgan fingerprint density at radius 2 is 2.07 bits per heavy atom. The molecular formula is C10H7ClN2O2. The molecule has 0 fully saturated rings. The predicted octanol–water partition coefficient (Wildman–Crippen LogP) is 3.24. The number of nitrogens with one attached hydrogen (secondary N) is 1. The Hall–Kier alpha value is -1.81. The van der Waals surface area contributed by atoms with Crippen molar-refractivity contribution in [1.82, 2.24) is 4.98 Å². The third-order valence-electron chi connectivity index (χ3n) is 2.04. The van der Waals surface area contributed by atoms with Gasteiger partial charge in [-0.05, 0) is 6.07 Å². The molecule has 0 aliphatic heterocycles. The molecule has 0 aliphatic carbocycles. The van der Waals surface area contributed by atoms with Crippen molar-refractivity contribution in [1.29, 1.82) is 0 Å². The van der Waals surface area contributed by atoms with Gasteiger partial charge in [0.25, 0.3) is 5.69 Å². The number of halogens is 1. The van der Waals surface area contributed by atoms with Crippen LogP contribution in [0, 0.1) is 10.1 Å². The van der Waals surface area contributed by atoms with Crippen LogP contribution in [0.4, 0.5) is 5.69 Å². The van der Waals surface area contributed by atoms with Crippen LogP contribution in [0.2, 0.25) is 5.02 Å². The number of nitro groups is 1. The topological polar surface area (TPSA) is 58.9 Å². The Bertz CT molecular complexity index is 508. The molecule has 1 N–H and O–H groups in total. The molecule has 0 atom stereocenters. The SMILES string of the molecule is O=[N+]([O-])c1c[nH]c(-c2ccccc2Cl)c1. The second kappa shape index (κ2) is 3.74. The van der Waals surface area contributed by atoms with Crippen molar-refractivity contribution in [2.45, 2.75) is 0 Å². The van der Waals surface area contributed by atoms with Gasteiger partial charge in [0.05, 0.1) is 16.8 Å². The summed E-state index contributed by atoms with van der Waals surface area (Å²) < 4.78 is 0. The third-order valence-corrected chi connectivity index (χ3v) is 2.37. The Labute approximate surface area is 90.7 Å². The lowest BCUT2D eigenvalue weighted by Crippen LogP contribution is -1.82. The highest BCUT2D eigenvalue weighted by Gasteiger charge is 2.11. The summed E-state index contributed by atoms with van der Waals surface area (Å²) in [5, 5.41) is 11.0. The minimum Gasteiger partial charge on any atom is -0.355 e. The molecule has 1 heterocycles. The van der Waals surface area contributed by atoms with Crippen LogP contribution in [-0.4, -0.2) is 9.91 Å². The highest BCUT2D eigenvalue weighted by Crippen LogP contribution is 2.28. The number of aromatic amines is 1. The smallest absolute Gasteiger partial charge is 0.287 e. The van der Waals surface area contributed by atoms with Gasteiger partial charge in [-0.1, -0.05) is 29.8 Å². The molecule has 15 heavy (non-hydrogen) atoms.